The van der Waals surface area contributed by atoms with Gasteiger partial charge in [-0.3, -0.25) is 9.59 Å². The van der Waals surface area contributed by atoms with Crippen LogP contribution in [0.2, 0.25) is 0 Å². The lowest BCUT2D eigenvalue weighted by Crippen LogP contribution is -2.24. The summed E-state index contributed by atoms with van der Waals surface area (Å²) in [6.07, 6.45) is 2.97. The van der Waals surface area contributed by atoms with E-state index in [0.29, 0.717) is 16.6 Å². The Kier molecular flexibility index (Phi) is 5.51. The van der Waals surface area contributed by atoms with E-state index >= 15 is 0 Å². The number of nitrogens with two attached hydrogens (primary N) is 1. The zero-order valence-electron chi connectivity index (χ0n) is 15.1. The first kappa shape index (κ1) is 19.2. The Morgan fingerprint density at radius 3 is 2.82 bits per heavy atom. The molecule has 2 amide bonds. The number of nitrogens with one attached hydrogen (secondary N) is 1. The minimum Gasteiger partial charge on any atom is -0.366 e. The van der Waals surface area contributed by atoms with Gasteiger partial charge in [0.15, 0.2) is 5.16 Å². The molecule has 0 bridgehead atoms. The third kappa shape index (κ3) is 4.13. The zero-order valence-corrected chi connectivity index (χ0v) is 17.6. The maximum atomic E-state index is 12.6. The third-order valence-electron chi connectivity index (χ3n) is 4.38. The first-order chi connectivity index (χ1) is 13.5. The van der Waals surface area contributed by atoms with E-state index in [4.69, 9.17) is 5.73 Å². The Bertz CT molecular complexity index is 991. The highest BCUT2D eigenvalue weighted by Gasteiger charge is 2.31. The van der Waals surface area contributed by atoms with Crippen LogP contribution in [0.25, 0.3) is 0 Å². The molecule has 1 aliphatic carbocycles. The maximum Gasteiger partial charge on any atom is 0.251 e. The Hall–Kier alpha value is -2.17. The van der Waals surface area contributed by atoms with Gasteiger partial charge in [-0.2, -0.15) is 0 Å². The lowest BCUT2D eigenvalue weighted by atomic mass is 10.3. The molecule has 3 aromatic heterocycles. The number of carbonyl (C=O) groups excluding carboxylic acids is 2. The average Bonchev–Trinajstić information content (AvgIpc) is 3.06. The van der Waals surface area contributed by atoms with Gasteiger partial charge in [0.05, 0.1) is 10.8 Å². The van der Waals surface area contributed by atoms with Gasteiger partial charge < -0.3 is 15.6 Å². The Morgan fingerprint density at radius 2 is 2.14 bits per heavy atom. The van der Waals surface area contributed by atoms with Gasteiger partial charge in [0.1, 0.15) is 10.8 Å². The molecule has 28 heavy (non-hydrogen) atoms. The molecule has 7 nitrogen and oxygen atoms in total. The Balaban J connectivity index is 1.47. The Labute approximate surface area is 174 Å². The first-order valence-corrected chi connectivity index (χ1v) is 11.5. The number of carbonyl (C=O) groups is 2. The molecule has 1 aliphatic rings. The van der Waals surface area contributed by atoms with Gasteiger partial charge in [-0.25, -0.2) is 0 Å². The molecule has 1 atom stereocenters. The number of aromatic nitrogens is 3. The molecule has 3 aromatic rings. The van der Waals surface area contributed by atoms with Crippen molar-refractivity contribution in [2.24, 2.45) is 5.73 Å². The number of nitrogens with zero attached hydrogens (tertiary/aromatic N) is 3. The van der Waals surface area contributed by atoms with Gasteiger partial charge in [0.2, 0.25) is 5.91 Å². The number of thiophene rings is 2. The molecule has 3 N–H and O–H groups in total. The summed E-state index contributed by atoms with van der Waals surface area (Å²) in [6.45, 7) is 1.82. The normalized spacial score (nSPS) is 14.8. The van der Waals surface area contributed by atoms with Gasteiger partial charge in [-0.15, -0.1) is 32.9 Å². The minimum atomic E-state index is -0.552. The summed E-state index contributed by atoms with van der Waals surface area (Å²) in [5.41, 5.74) is 5.67. The third-order valence-corrected chi connectivity index (χ3v) is 7.14. The van der Waals surface area contributed by atoms with Crippen LogP contribution in [0.15, 0.2) is 34.1 Å². The molecule has 0 spiro atoms. The maximum absolute atomic E-state index is 12.6. The van der Waals surface area contributed by atoms with Crippen LogP contribution in [0, 0.1) is 0 Å². The van der Waals surface area contributed by atoms with E-state index in [9.17, 15) is 9.59 Å². The van der Waals surface area contributed by atoms with Crippen molar-refractivity contribution in [3.63, 3.8) is 0 Å². The van der Waals surface area contributed by atoms with E-state index in [1.165, 1.54) is 28.0 Å². The second kappa shape index (κ2) is 8.06. The first-order valence-electron chi connectivity index (χ1n) is 8.84. The van der Waals surface area contributed by atoms with Crippen molar-refractivity contribution in [3.05, 3.63) is 45.2 Å². The van der Waals surface area contributed by atoms with Crippen LogP contribution in [-0.2, 0) is 11.2 Å². The summed E-state index contributed by atoms with van der Waals surface area (Å²) in [6, 6.07) is 6.16. The fourth-order valence-corrected chi connectivity index (χ4v) is 5.24. The van der Waals surface area contributed by atoms with Crippen molar-refractivity contribution >= 4 is 51.3 Å². The molecule has 0 aromatic carbocycles. The summed E-state index contributed by atoms with van der Waals surface area (Å²) in [5, 5.41) is 16.2. The highest BCUT2D eigenvalue weighted by Crippen LogP contribution is 2.40. The molecule has 3 heterocycles. The van der Waals surface area contributed by atoms with Gasteiger partial charge in [0.25, 0.3) is 5.91 Å². The monoisotopic (exact) mass is 433 g/mol. The van der Waals surface area contributed by atoms with Gasteiger partial charge in [-0.05, 0) is 42.7 Å². The van der Waals surface area contributed by atoms with Crippen molar-refractivity contribution < 1.29 is 9.59 Å². The van der Waals surface area contributed by atoms with E-state index in [0.717, 1.165) is 30.2 Å². The molecule has 0 saturated heterocycles. The molecular formula is C18H19N5O2S3. The zero-order chi connectivity index (χ0) is 19.7. The number of thioether (sulfide) groups is 1. The van der Waals surface area contributed by atoms with Crippen LogP contribution in [-0.4, -0.2) is 31.8 Å². The van der Waals surface area contributed by atoms with Crippen molar-refractivity contribution in [3.8, 4) is 0 Å². The largest absolute Gasteiger partial charge is 0.366 e. The van der Waals surface area contributed by atoms with Crippen LogP contribution in [0.3, 0.4) is 0 Å². The molecule has 0 radical (unpaired) electrons. The summed E-state index contributed by atoms with van der Waals surface area (Å²) >= 11 is 4.37. The topological polar surface area (TPSA) is 103 Å². The minimum absolute atomic E-state index is 0.194. The molecular weight excluding hydrogens is 414 g/mol. The van der Waals surface area contributed by atoms with Gasteiger partial charge in [-0.1, -0.05) is 17.8 Å². The SMILES string of the molecule is C[C@H](Sc1nnc(Cc2cccs2)n1C1CC1)C(=O)Nc1sccc1C(N)=O. The van der Waals surface area contributed by atoms with Crippen molar-refractivity contribution in [1.82, 2.24) is 14.8 Å². The smallest absolute Gasteiger partial charge is 0.251 e. The predicted octanol–water partition coefficient (Wildman–Crippen LogP) is 3.55. The number of hydrogen-bond acceptors (Lipinski definition) is 7. The quantitative estimate of drug-likeness (QED) is 0.529. The highest BCUT2D eigenvalue weighted by atomic mass is 32.2. The van der Waals surface area contributed by atoms with E-state index in [1.54, 1.807) is 22.8 Å². The molecule has 4 rings (SSSR count). The summed E-state index contributed by atoms with van der Waals surface area (Å²) < 4.78 is 2.17. The van der Waals surface area contributed by atoms with Crippen molar-refractivity contribution in [2.75, 3.05) is 5.32 Å². The second-order valence-electron chi connectivity index (χ2n) is 6.53. The Morgan fingerprint density at radius 1 is 1.32 bits per heavy atom. The molecule has 0 unspecified atom stereocenters. The number of hydrogen-bond donors (Lipinski definition) is 2. The lowest BCUT2D eigenvalue weighted by Gasteiger charge is -2.13. The molecule has 10 heteroatoms. The lowest BCUT2D eigenvalue weighted by molar-refractivity contribution is -0.115. The molecule has 146 valence electrons. The molecule has 1 fully saturated rings. The van der Waals surface area contributed by atoms with Crippen LogP contribution in [0.4, 0.5) is 5.00 Å². The van der Waals surface area contributed by atoms with Crippen LogP contribution in [0.1, 0.15) is 46.9 Å². The number of amides is 2. The number of rotatable bonds is 8. The summed E-state index contributed by atoms with van der Waals surface area (Å²) in [4.78, 5) is 25.3. The van der Waals surface area contributed by atoms with Gasteiger partial charge >= 0.3 is 0 Å². The fraction of sp³-hybridized carbons (Fsp3) is 0.333. The summed E-state index contributed by atoms with van der Waals surface area (Å²) in [7, 11) is 0. The van der Waals surface area contributed by atoms with Crippen LogP contribution < -0.4 is 11.1 Å². The van der Waals surface area contributed by atoms with E-state index in [1.807, 2.05) is 13.0 Å². The van der Waals surface area contributed by atoms with Crippen LogP contribution in [0.5, 0.6) is 0 Å². The average molecular weight is 434 g/mol. The van der Waals surface area contributed by atoms with Gasteiger partial charge in [0, 0.05) is 17.3 Å². The summed E-state index contributed by atoms with van der Waals surface area (Å²) in [5.74, 6) is 0.193. The van der Waals surface area contributed by atoms with Crippen molar-refractivity contribution in [1.29, 1.82) is 0 Å². The highest BCUT2D eigenvalue weighted by molar-refractivity contribution is 8.00. The molecule has 0 aliphatic heterocycles. The van der Waals surface area contributed by atoms with E-state index in [2.05, 4.69) is 31.5 Å². The molecule has 1 saturated carbocycles. The van der Waals surface area contributed by atoms with Crippen molar-refractivity contribution in [2.45, 2.75) is 42.6 Å². The number of primary amides is 1. The standard InChI is InChI=1S/C18H19N5O2S3/c1-10(16(25)20-17-13(15(19)24)6-8-27-17)28-18-22-21-14(23(18)11-4-5-11)9-12-3-2-7-26-12/h2-3,6-8,10-11H,4-5,9H2,1H3,(H2,19,24)(H,20,25)/t10-/m0/s1. The predicted molar refractivity (Wildman–Crippen MR) is 112 cm³/mol. The van der Waals surface area contributed by atoms with E-state index in [-0.39, 0.29) is 11.2 Å². The van der Waals surface area contributed by atoms with Crippen LogP contribution >= 0.6 is 34.4 Å². The number of anilines is 1. The second-order valence-corrected chi connectivity index (χ2v) is 9.79. The fourth-order valence-electron chi connectivity index (χ4n) is 2.80. The van der Waals surface area contributed by atoms with E-state index < -0.39 is 5.91 Å².